The minimum absolute atomic E-state index is 0.0649. The van der Waals surface area contributed by atoms with Crippen LogP contribution in [0.4, 0.5) is 0 Å². The summed E-state index contributed by atoms with van der Waals surface area (Å²) in [6, 6.07) is 0. The third-order valence-electron chi connectivity index (χ3n) is 2.23. The lowest BCUT2D eigenvalue weighted by molar-refractivity contribution is -0.140. The Balaban J connectivity index is 3.50. The van der Waals surface area contributed by atoms with E-state index in [1.165, 1.54) is 26.2 Å². The molecule has 0 atom stereocenters. The van der Waals surface area contributed by atoms with Gasteiger partial charge < -0.3 is 4.74 Å². The van der Waals surface area contributed by atoms with Crippen LogP contribution in [-0.4, -0.2) is 18.4 Å². The fourth-order valence-corrected chi connectivity index (χ4v) is 1.35. The summed E-state index contributed by atoms with van der Waals surface area (Å²) >= 11 is 0. The van der Waals surface area contributed by atoms with Gasteiger partial charge in [0, 0.05) is 12.0 Å². The molecule has 0 heterocycles. The number of carbonyl (C=O) groups excluding carboxylic acids is 2. The number of rotatable bonds is 9. The van der Waals surface area contributed by atoms with E-state index < -0.39 is 5.97 Å². The smallest absolute Gasteiger partial charge is 0.333 e. The second-order valence-corrected chi connectivity index (χ2v) is 4.03. The molecular formula is C13H22O3. The molecule has 0 spiro atoms. The molecule has 3 nitrogen and oxygen atoms in total. The Labute approximate surface area is 97.9 Å². The standard InChI is InChI=1S/C13H22O3/c1-4-5-6-7-8-9-16-13(15)11(2)10-12(3)14/h2,4-10H2,1,3H3. The number of hydrogen-bond donors (Lipinski definition) is 0. The maximum atomic E-state index is 11.3. The summed E-state index contributed by atoms with van der Waals surface area (Å²) in [4.78, 5) is 22.0. The first-order valence-corrected chi connectivity index (χ1v) is 5.92. The molecule has 0 saturated carbocycles. The van der Waals surface area contributed by atoms with Crippen LogP contribution in [0.3, 0.4) is 0 Å². The van der Waals surface area contributed by atoms with Crippen molar-refractivity contribution in [2.75, 3.05) is 6.61 Å². The minimum atomic E-state index is -0.439. The Hall–Kier alpha value is -1.12. The molecule has 0 unspecified atom stereocenters. The fraction of sp³-hybridized carbons (Fsp3) is 0.692. The van der Waals surface area contributed by atoms with Crippen molar-refractivity contribution >= 4 is 11.8 Å². The Morgan fingerprint density at radius 2 is 1.75 bits per heavy atom. The summed E-state index contributed by atoms with van der Waals surface area (Å²) in [6.45, 7) is 7.55. The summed E-state index contributed by atoms with van der Waals surface area (Å²) in [6.07, 6.45) is 5.68. The highest BCUT2D eigenvalue weighted by molar-refractivity contribution is 5.94. The highest BCUT2D eigenvalue weighted by Crippen LogP contribution is 2.05. The Morgan fingerprint density at radius 3 is 2.31 bits per heavy atom. The number of esters is 1. The highest BCUT2D eigenvalue weighted by Gasteiger charge is 2.09. The number of unbranched alkanes of at least 4 members (excludes halogenated alkanes) is 4. The Bertz CT molecular complexity index is 244. The normalized spacial score (nSPS) is 9.88. The number of ketones is 1. The molecule has 0 saturated heterocycles. The molecule has 0 N–H and O–H groups in total. The van der Waals surface area contributed by atoms with Gasteiger partial charge in [-0.25, -0.2) is 4.79 Å². The molecule has 0 aliphatic rings. The van der Waals surface area contributed by atoms with Crippen molar-refractivity contribution in [2.24, 2.45) is 0 Å². The zero-order valence-electron chi connectivity index (χ0n) is 10.4. The third kappa shape index (κ3) is 8.21. The molecule has 0 aliphatic carbocycles. The predicted octanol–water partition coefficient (Wildman–Crippen LogP) is 3.04. The van der Waals surface area contributed by atoms with Gasteiger partial charge in [-0.2, -0.15) is 0 Å². The van der Waals surface area contributed by atoms with Crippen molar-refractivity contribution in [3.05, 3.63) is 12.2 Å². The van der Waals surface area contributed by atoms with Crippen LogP contribution >= 0.6 is 0 Å². The Morgan fingerprint density at radius 1 is 1.12 bits per heavy atom. The van der Waals surface area contributed by atoms with Gasteiger partial charge in [0.2, 0.25) is 0 Å². The van der Waals surface area contributed by atoms with Crippen LogP contribution in [0.2, 0.25) is 0 Å². The molecule has 0 aromatic carbocycles. The molecule has 16 heavy (non-hydrogen) atoms. The first-order valence-electron chi connectivity index (χ1n) is 5.92. The lowest BCUT2D eigenvalue weighted by Gasteiger charge is -2.05. The SMILES string of the molecule is C=C(CC(C)=O)C(=O)OCCCCCCC. The van der Waals surface area contributed by atoms with Crippen LogP contribution in [-0.2, 0) is 14.3 Å². The molecule has 92 valence electrons. The first-order chi connectivity index (χ1) is 7.57. The molecule has 0 fully saturated rings. The van der Waals surface area contributed by atoms with Crippen molar-refractivity contribution in [3.63, 3.8) is 0 Å². The average molecular weight is 226 g/mol. The minimum Gasteiger partial charge on any atom is -0.462 e. The van der Waals surface area contributed by atoms with E-state index >= 15 is 0 Å². The van der Waals surface area contributed by atoms with E-state index in [-0.39, 0.29) is 17.8 Å². The number of hydrogen-bond acceptors (Lipinski definition) is 3. The lowest BCUT2D eigenvalue weighted by atomic mass is 10.1. The number of ether oxygens (including phenoxy) is 1. The molecule has 0 radical (unpaired) electrons. The van der Waals surface area contributed by atoms with Gasteiger partial charge in [-0.15, -0.1) is 0 Å². The summed E-state index contributed by atoms with van der Waals surface area (Å²) in [5.74, 6) is -0.504. The van der Waals surface area contributed by atoms with Gasteiger partial charge in [0.25, 0.3) is 0 Å². The quantitative estimate of drug-likeness (QED) is 0.345. The van der Waals surface area contributed by atoms with E-state index in [2.05, 4.69) is 13.5 Å². The van der Waals surface area contributed by atoms with Crippen LogP contribution in [0.15, 0.2) is 12.2 Å². The first kappa shape index (κ1) is 14.9. The molecule has 3 heteroatoms. The number of Topliss-reactive ketones (excluding diaryl/α,β-unsaturated/α-hetero) is 1. The molecular weight excluding hydrogens is 204 g/mol. The van der Waals surface area contributed by atoms with Crippen molar-refractivity contribution in [2.45, 2.75) is 52.4 Å². The monoisotopic (exact) mass is 226 g/mol. The molecule has 0 aromatic heterocycles. The second-order valence-electron chi connectivity index (χ2n) is 4.03. The van der Waals surface area contributed by atoms with Gasteiger partial charge in [0.15, 0.2) is 0 Å². The molecule has 0 aliphatic heterocycles. The van der Waals surface area contributed by atoms with Crippen LogP contribution in [0.1, 0.15) is 52.4 Å². The van der Waals surface area contributed by atoms with Crippen LogP contribution < -0.4 is 0 Å². The maximum absolute atomic E-state index is 11.3. The van der Waals surface area contributed by atoms with Gasteiger partial charge in [-0.1, -0.05) is 39.2 Å². The largest absolute Gasteiger partial charge is 0.462 e. The topological polar surface area (TPSA) is 43.4 Å². The second kappa shape index (κ2) is 9.13. The van der Waals surface area contributed by atoms with Gasteiger partial charge >= 0.3 is 5.97 Å². The molecule has 0 rings (SSSR count). The highest BCUT2D eigenvalue weighted by atomic mass is 16.5. The molecule has 0 bridgehead atoms. The predicted molar refractivity (Wildman–Crippen MR) is 64.2 cm³/mol. The van der Waals surface area contributed by atoms with Crippen molar-refractivity contribution < 1.29 is 14.3 Å². The average Bonchev–Trinajstić information content (AvgIpc) is 2.21. The van der Waals surface area contributed by atoms with Crippen LogP contribution in [0, 0.1) is 0 Å². The van der Waals surface area contributed by atoms with E-state index in [9.17, 15) is 9.59 Å². The van der Waals surface area contributed by atoms with E-state index in [4.69, 9.17) is 4.74 Å². The summed E-state index contributed by atoms with van der Waals surface area (Å²) in [7, 11) is 0. The summed E-state index contributed by atoms with van der Waals surface area (Å²) in [5, 5.41) is 0. The zero-order chi connectivity index (χ0) is 12.4. The third-order valence-corrected chi connectivity index (χ3v) is 2.23. The maximum Gasteiger partial charge on any atom is 0.333 e. The van der Waals surface area contributed by atoms with Crippen molar-refractivity contribution in [1.82, 2.24) is 0 Å². The van der Waals surface area contributed by atoms with Crippen LogP contribution in [0.5, 0.6) is 0 Å². The van der Waals surface area contributed by atoms with E-state index in [0.717, 1.165) is 12.8 Å². The Kier molecular flexibility index (Phi) is 8.49. The number of carbonyl (C=O) groups is 2. The van der Waals surface area contributed by atoms with Gasteiger partial charge in [-0.3, -0.25) is 4.79 Å². The van der Waals surface area contributed by atoms with Crippen molar-refractivity contribution in [3.8, 4) is 0 Å². The van der Waals surface area contributed by atoms with E-state index in [1.54, 1.807) is 0 Å². The molecule has 0 amide bonds. The zero-order valence-corrected chi connectivity index (χ0v) is 10.4. The van der Waals surface area contributed by atoms with Gasteiger partial charge in [0.05, 0.1) is 6.61 Å². The van der Waals surface area contributed by atoms with Crippen LogP contribution in [0.25, 0.3) is 0 Å². The lowest BCUT2D eigenvalue weighted by Crippen LogP contribution is -2.10. The van der Waals surface area contributed by atoms with Gasteiger partial charge in [-0.05, 0) is 13.3 Å². The molecule has 0 aromatic rings. The van der Waals surface area contributed by atoms with Crippen molar-refractivity contribution in [1.29, 1.82) is 0 Å². The van der Waals surface area contributed by atoms with E-state index in [1.807, 2.05) is 0 Å². The van der Waals surface area contributed by atoms with Gasteiger partial charge in [0.1, 0.15) is 5.78 Å². The summed E-state index contributed by atoms with van der Waals surface area (Å²) < 4.78 is 4.99. The van der Waals surface area contributed by atoms with E-state index in [0.29, 0.717) is 6.61 Å². The summed E-state index contributed by atoms with van der Waals surface area (Å²) in [5.41, 5.74) is 0.251. The fourth-order valence-electron chi connectivity index (χ4n) is 1.35.